The molecule has 0 saturated carbocycles. The Morgan fingerprint density at radius 2 is 1.91 bits per heavy atom. The van der Waals surface area contributed by atoms with Crippen LogP contribution < -0.4 is 4.74 Å². The Bertz CT molecular complexity index is 684. The average Bonchev–Trinajstić information content (AvgIpc) is 2.50. The minimum Gasteiger partial charge on any atom is -0.437 e. The monoisotopic (exact) mass is 364 g/mol. The molecule has 0 atom stereocenters. The fourth-order valence-corrected chi connectivity index (χ4v) is 2.37. The fraction of sp³-hybridized carbons (Fsp3) is 0.250. The summed E-state index contributed by atoms with van der Waals surface area (Å²) in [5.41, 5.74) is 2.45. The van der Waals surface area contributed by atoms with Crippen molar-refractivity contribution < 1.29 is 14.4 Å². The van der Waals surface area contributed by atoms with Crippen LogP contribution in [-0.4, -0.2) is 30.1 Å². The number of aryl methyl sites for hydroxylation is 2. The van der Waals surface area contributed by atoms with E-state index in [4.69, 9.17) is 9.57 Å². The molecule has 1 aromatic heterocycles. The molecule has 116 valence electrons. The van der Waals surface area contributed by atoms with E-state index in [1.807, 2.05) is 32.0 Å². The number of para-hydroxylation sites is 1. The fourth-order valence-electron chi connectivity index (χ4n) is 1.94. The molecule has 2 rings (SSSR count). The number of pyridine rings is 1. The van der Waals surface area contributed by atoms with Crippen molar-refractivity contribution in [1.29, 1.82) is 0 Å². The van der Waals surface area contributed by atoms with Crippen molar-refractivity contribution in [2.75, 3.05) is 14.2 Å². The highest BCUT2D eigenvalue weighted by Crippen LogP contribution is 2.32. The van der Waals surface area contributed by atoms with Crippen LogP contribution in [0.4, 0.5) is 0 Å². The van der Waals surface area contributed by atoms with Crippen molar-refractivity contribution >= 4 is 21.8 Å². The Morgan fingerprint density at radius 1 is 1.27 bits per heavy atom. The largest absolute Gasteiger partial charge is 0.437 e. The number of amides is 1. The number of rotatable bonds is 4. The van der Waals surface area contributed by atoms with Gasteiger partial charge in [-0.3, -0.25) is 9.63 Å². The number of hydrogen-bond acceptors (Lipinski definition) is 4. The molecule has 0 saturated heterocycles. The Balaban J connectivity index is 2.29. The normalized spacial score (nSPS) is 10.4. The first-order valence-corrected chi connectivity index (χ1v) is 7.45. The molecular formula is C16H17BrN2O3. The molecule has 0 N–H and O–H groups in total. The van der Waals surface area contributed by atoms with Crippen LogP contribution in [0.1, 0.15) is 21.5 Å². The van der Waals surface area contributed by atoms with Crippen molar-refractivity contribution in [1.82, 2.24) is 10.0 Å². The summed E-state index contributed by atoms with van der Waals surface area (Å²) in [6.45, 7) is 3.95. The van der Waals surface area contributed by atoms with Gasteiger partial charge in [0, 0.05) is 13.2 Å². The Hall–Kier alpha value is -1.92. The van der Waals surface area contributed by atoms with E-state index in [1.165, 1.54) is 20.4 Å². The minimum atomic E-state index is -0.283. The van der Waals surface area contributed by atoms with Crippen molar-refractivity contribution in [3.05, 3.63) is 51.6 Å². The first kappa shape index (κ1) is 16.5. The van der Waals surface area contributed by atoms with Gasteiger partial charge in [-0.25, -0.2) is 10.0 Å². The zero-order valence-corrected chi connectivity index (χ0v) is 14.5. The molecule has 0 aliphatic heterocycles. The predicted molar refractivity (Wildman–Crippen MR) is 87.0 cm³/mol. The van der Waals surface area contributed by atoms with Gasteiger partial charge in [0.15, 0.2) is 0 Å². The third-order valence-electron chi connectivity index (χ3n) is 3.22. The van der Waals surface area contributed by atoms with Crippen LogP contribution in [0.3, 0.4) is 0 Å². The van der Waals surface area contributed by atoms with Gasteiger partial charge >= 0.3 is 0 Å². The van der Waals surface area contributed by atoms with E-state index in [-0.39, 0.29) is 5.91 Å². The summed E-state index contributed by atoms with van der Waals surface area (Å²) in [4.78, 5) is 21.1. The van der Waals surface area contributed by atoms with Crippen molar-refractivity contribution in [2.45, 2.75) is 13.8 Å². The minimum absolute atomic E-state index is 0.283. The van der Waals surface area contributed by atoms with Gasteiger partial charge in [-0.2, -0.15) is 0 Å². The standard InChI is InChI=1S/C16H17BrN2O3/c1-10-6-5-7-11(2)14(10)22-15-13(17)8-12(9-18-15)16(20)19(3)21-4/h5-9H,1-4H3. The summed E-state index contributed by atoms with van der Waals surface area (Å²) < 4.78 is 6.48. The molecule has 1 heterocycles. The number of benzene rings is 1. The lowest BCUT2D eigenvalue weighted by molar-refractivity contribution is -0.0757. The second kappa shape index (κ2) is 6.89. The van der Waals surface area contributed by atoms with Crippen LogP contribution in [0.15, 0.2) is 34.9 Å². The number of carbonyl (C=O) groups is 1. The van der Waals surface area contributed by atoms with Gasteiger partial charge in [-0.05, 0) is 47.0 Å². The van der Waals surface area contributed by atoms with E-state index in [0.29, 0.717) is 15.9 Å². The van der Waals surface area contributed by atoms with Gasteiger partial charge in [0.25, 0.3) is 5.91 Å². The number of carbonyl (C=O) groups excluding carboxylic acids is 1. The quantitative estimate of drug-likeness (QED) is 0.772. The summed E-state index contributed by atoms with van der Waals surface area (Å²) in [6.07, 6.45) is 1.46. The summed E-state index contributed by atoms with van der Waals surface area (Å²) in [7, 11) is 2.97. The second-order valence-corrected chi connectivity index (χ2v) is 5.67. The maximum absolute atomic E-state index is 12.0. The molecule has 22 heavy (non-hydrogen) atoms. The second-order valence-electron chi connectivity index (χ2n) is 4.82. The highest BCUT2D eigenvalue weighted by atomic mass is 79.9. The Kier molecular flexibility index (Phi) is 5.15. The van der Waals surface area contributed by atoms with Crippen LogP contribution in [-0.2, 0) is 4.84 Å². The molecule has 0 aliphatic carbocycles. The van der Waals surface area contributed by atoms with Gasteiger partial charge in [-0.1, -0.05) is 18.2 Å². The highest BCUT2D eigenvalue weighted by molar-refractivity contribution is 9.10. The first-order valence-electron chi connectivity index (χ1n) is 6.65. The molecule has 6 heteroatoms. The molecule has 0 aliphatic rings. The number of hydroxylamine groups is 2. The lowest BCUT2D eigenvalue weighted by atomic mass is 10.1. The first-order chi connectivity index (χ1) is 10.4. The summed E-state index contributed by atoms with van der Waals surface area (Å²) >= 11 is 3.39. The third-order valence-corrected chi connectivity index (χ3v) is 3.79. The molecule has 0 unspecified atom stereocenters. The van der Waals surface area contributed by atoms with Gasteiger partial charge in [0.1, 0.15) is 5.75 Å². The van der Waals surface area contributed by atoms with E-state index in [1.54, 1.807) is 6.07 Å². The van der Waals surface area contributed by atoms with Crippen molar-refractivity contribution in [3.8, 4) is 11.6 Å². The van der Waals surface area contributed by atoms with Crippen LogP contribution in [0, 0.1) is 13.8 Å². The van der Waals surface area contributed by atoms with Gasteiger partial charge in [0.2, 0.25) is 5.88 Å². The number of nitrogens with zero attached hydrogens (tertiary/aromatic N) is 2. The smallest absolute Gasteiger partial charge is 0.278 e. The molecule has 2 aromatic rings. The lowest BCUT2D eigenvalue weighted by Crippen LogP contribution is -2.25. The molecule has 0 bridgehead atoms. The van der Waals surface area contributed by atoms with Gasteiger partial charge in [0.05, 0.1) is 17.1 Å². The van der Waals surface area contributed by atoms with E-state index in [0.717, 1.165) is 21.9 Å². The van der Waals surface area contributed by atoms with Crippen LogP contribution >= 0.6 is 15.9 Å². The third kappa shape index (κ3) is 3.45. The van der Waals surface area contributed by atoms with Crippen LogP contribution in [0.25, 0.3) is 0 Å². The van der Waals surface area contributed by atoms with E-state index < -0.39 is 0 Å². The number of halogens is 1. The van der Waals surface area contributed by atoms with E-state index >= 15 is 0 Å². The molecule has 0 spiro atoms. The van der Waals surface area contributed by atoms with Gasteiger partial charge < -0.3 is 4.74 Å². The summed E-state index contributed by atoms with van der Waals surface area (Å²) in [5, 5.41) is 1.13. The zero-order chi connectivity index (χ0) is 16.3. The van der Waals surface area contributed by atoms with Crippen LogP contribution in [0.2, 0.25) is 0 Å². The van der Waals surface area contributed by atoms with Crippen molar-refractivity contribution in [3.63, 3.8) is 0 Å². The molecule has 5 nitrogen and oxygen atoms in total. The summed E-state index contributed by atoms with van der Waals surface area (Å²) in [5.74, 6) is 0.895. The summed E-state index contributed by atoms with van der Waals surface area (Å²) in [6, 6.07) is 7.58. The van der Waals surface area contributed by atoms with Gasteiger partial charge in [-0.15, -0.1) is 0 Å². The maximum Gasteiger partial charge on any atom is 0.278 e. The molecular weight excluding hydrogens is 348 g/mol. The number of ether oxygens (including phenoxy) is 1. The van der Waals surface area contributed by atoms with Crippen LogP contribution in [0.5, 0.6) is 11.6 Å². The molecule has 1 aromatic carbocycles. The molecule has 1 amide bonds. The van der Waals surface area contributed by atoms with Crippen molar-refractivity contribution in [2.24, 2.45) is 0 Å². The maximum atomic E-state index is 12.0. The predicted octanol–water partition coefficient (Wildman–Crippen LogP) is 3.89. The Morgan fingerprint density at radius 3 is 2.45 bits per heavy atom. The molecule has 0 radical (unpaired) electrons. The average molecular weight is 365 g/mol. The number of aromatic nitrogens is 1. The lowest BCUT2D eigenvalue weighted by Gasteiger charge is -2.15. The van der Waals surface area contributed by atoms with E-state index in [2.05, 4.69) is 20.9 Å². The Labute approximate surface area is 138 Å². The number of hydrogen-bond donors (Lipinski definition) is 0. The SMILES string of the molecule is CON(C)C(=O)c1cnc(Oc2c(C)cccc2C)c(Br)c1. The topological polar surface area (TPSA) is 51.7 Å². The highest BCUT2D eigenvalue weighted by Gasteiger charge is 2.15. The zero-order valence-electron chi connectivity index (χ0n) is 12.9. The van der Waals surface area contributed by atoms with E-state index in [9.17, 15) is 4.79 Å². The molecule has 0 fully saturated rings.